The minimum Gasteiger partial charge on any atom is -0.317 e. The van der Waals surface area contributed by atoms with Crippen molar-refractivity contribution >= 4 is 0 Å². The van der Waals surface area contributed by atoms with Gasteiger partial charge in [-0.1, -0.05) is 20.8 Å². The zero-order chi connectivity index (χ0) is 11.7. The van der Waals surface area contributed by atoms with Crippen LogP contribution < -0.4 is 5.32 Å². The highest BCUT2D eigenvalue weighted by Gasteiger charge is 2.08. The molecule has 0 spiro atoms. The quantitative estimate of drug-likeness (QED) is 0.594. The van der Waals surface area contributed by atoms with Gasteiger partial charge in [0.2, 0.25) is 0 Å². The highest BCUT2D eigenvalue weighted by atomic mass is 15.1. The first kappa shape index (κ1) is 14.9. The van der Waals surface area contributed by atoms with Gasteiger partial charge in [0, 0.05) is 6.04 Å². The van der Waals surface area contributed by atoms with Crippen molar-refractivity contribution < 1.29 is 0 Å². The maximum atomic E-state index is 3.46. The van der Waals surface area contributed by atoms with Gasteiger partial charge in [0.25, 0.3) is 0 Å². The summed E-state index contributed by atoms with van der Waals surface area (Å²) in [7, 11) is 2.24. The topological polar surface area (TPSA) is 15.3 Å². The fraction of sp³-hybridized carbons (Fsp3) is 1.00. The van der Waals surface area contributed by atoms with Crippen LogP contribution in [0.4, 0.5) is 0 Å². The molecule has 0 rings (SSSR count). The summed E-state index contributed by atoms with van der Waals surface area (Å²) in [5.74, 6) is 0.817. The molecule has 0 saturated heterocycles. The molecule has 0 bridgehead atoms. The van der Waals surface area contributed by atoms with Crippen LogP contribution in [0.5, 0.6) is 0 Å². The van der Waals surface area contributed by atoms with Crippen molar-refractivity contribution in [3.8, 4) is 0 Å². The zero-order valence-corrected chi connectivity index (χ0v) is 11.3. The second-order valence-corrected chi connectivity index (χ2v) is 5.05. The van der Waals surface area contributed by atoms with E-state index in [0.717, 1.165) is 19.0 Å². The van der Waals surface area contributed by atoms with Gasteiger partial charge in [-0.05, 0) is 58.8 Å². The van der Waals surface area contributed by atoms with E-state index in [1.54, 1.807) is 0 Å². The third kappa shape index (κ3) is 8.88. The van der Waals surface area contributed by atoms with Crippen LogP contribution in [-0.4, -0.2) is 37.6 Å². The molecule has 0 saturated carbocycles. The summed E-state index contributed by atoms with van der Waals surface area (Å²) < 4.78 is 0. The monoisotopic (exact) mass is 214 g/mol. The van der Waals surface area contributed by atoms with E-state index >= 15 is 0 Å². The van der Waals surface area contributed by atoms with Gasteiger partial charge in [-0.25, -0.2) is 0 Å². The molecule has 0 aliphatic carbocycles. The Bertz CT molecular complexity index is 134. The lowest BCUT2D eigenvalue weighted by Crippen LogP contribution is -2.33. The van der Waals surface area contributed by atoms with Crippen LogP contribution in [0.25, 0.3) is 0 Å². The van der Waals surface area contributed by atoms with Crippen molar-refractivity contribution in [1.29, 1.82) is 0 Å². The van der Waals surface area contributed by atoms with Crippen molar-refractivity contribution in [2.75, 3.05) is 26.7 Å². The summed E-state index contributed by atoms with van der Waals surface area (Å²) in [5, 5.41) is 3.46. The van der Waals surface area contributed by atoms with Crippen LogP contribution in [0.2, 0.25) is 0 Å². The maximum Gasteiger partial charge on any atom is 0.00759 e. The number of hydrogen-bond donors (Lipinski definition) is 1. The fourth-order valence-corrected chi connectivity index (χ4v) is 1.52. The summed E-state index contributed by atoms with van der Waals surface area (Å²) in [6, 6.07) is 0.702. The first-order chi connectivity index (χ1) is 7.07. The smallest absolute Gasteiger partial charge is 0.00759 e. The number of rotatable bonds is 9. The molecule has 0 aliphatic rings. The van der Waals surface area contributed by atoms with Gasteiger partial charge in [0.15, 0.2) is 0 Å². The van der Waals surface area contributed by atoms with Crippen molar-refractivity contribution in [3.63, 3.8) is 0 Å². The lowest BCUT2D eigenvalue weighted by molar-refractivity contribution is 0.232. The summed E-state index contributed by atoms with van der Waals surface area (Å²) in [4.78, 5) is 2.48. The molecule has 0 radical (unpaired) electrons. The van der Waals surface area contributed by atoms with Crippen LogP contribution in [0.15, 0.2) is 0 Å². The summed E-state index contributed by atoms with van der Waals surface area (Å²) in [6.07, 6.45) is 3.80. The van der Waals surface area contributed by atoms with Crippen LogP contribution >= 0.6 is 0 Å². The maximum absolute atomic E-state index is 3.46. The normalized spacial score (nSPS) is 13.8. The van der Waals surface area contributed by atoms with E-state index in [1.807, 2.05) is 0 Å². The molecule has 2 heteroatoms. The predicted octanol–water partition coefficient (Wildman–Crippen LogP) is 2.74. The first-order valence-electron chi connectivity index (χ1n) is 6.48. The largest absolute Gasteiger partial charge is 0.317 e. The molecular weight excluding hydrogens is 184 g/mol. The molecule has 92 valence electrons. The van der Waals surface area contributed by atoms with Gasteiger partial charge in [-0.3, -0.25) is 0 Å². The average molecular weight is 214 g/mol. The van der Waals surface area contributed by atoms with E-state index in [0.29, 0.717) is 6.04 Å². The molecule has 1 atom stereocenters. The number of nitrogens with one attached hydrogen (secondary N) is 1. The Balaban J connectivity index is 3.46. The summed E-state index contributed by atoms with van der Waals surface area (Å²) in [5.41, 5.74) is 0. The minimum absolute atomic E-state index is 0.702. The molecule has 0 heterocycles. The van der Waals surface area contributed by atoms with Crippen LogP contribution in [0.3, 0.4) is 0 Å². The minimum atomic E-state index is 0.702. The first-order valence-corrected chi connectivity index (χ1v) is 6.48. The lowest BCUT2D eigenvalue weighted by atomic mass is 10.1. The summed E-state index contributed by atoms with van der Waals surface area (Å²) in [6.45, 7) is 12.7. The molecule has 0 amide bonds. The molecule has 15 heavy (non-hydrogen) atoms. The third-order valence-electron chi connectivity index (χ3n) is 2.98. The van der Waals surface area contributed by atoms with E-state index in [-0.39, 0.29) is 0 Å². The van der Waals surface area contributed by atoms with Gasteiger partial charge in [0.05, 0.1) is 0 Å². The number of hydrogen-bond acceptors (Lipinski definition) is 2. The van der Waals surface area contributed by atoms with Crippen molar-refractivity contribution in [3.05, 3.63) is 0 Å². The molecule has 2 nitrogen and oxygen atoms in total. The lowest BCUT2D eigenvalue weighted by Gasteiger charge is -2.25. The number of nitrogens with zero attached hydrogens (tertiary/aromatic N) is 1. The van der Waals surface area contributed by atoms with Gasteiger partial charge in [-0.2, -0.15) is 0 Å². The van der Waals surface area contributed by atoms with E-state index in [4.69, 9.17) is 0 Å². The van der Waals surface area contributed by atoms with E-state index in [9.17, 15) is 0 Å². The van der Waals surface area contributed by atoms with Crippen LogP contribution in [0, 0.1) is 5.92 Å². The van der Waals surface area contributed by atoms with Gasteiger partial charge in [0.1, 0.15) is 0 Å². The predicted molar refractivity (Wildman–Crippen MR) is 69.3 cm³/mol. The third-order valence-corrected chi connectivity index (χ3v) is 2.98. The average Bonchev–Trinajstić information content (AvgIpc) is 2.20. The Morgan fingerprint density at radius 1 is 1.07 bits per heavy atom. The standard InChI is InChI=1S/C13H30N2/c1-6-9-14-10-7-13(4)15(5)11-8-12(2)3/h12-14H,6-11H2,1-5H3. The second-order valence-electron chi connectivity index (χ2n) is 5.05. The van der Waals surface area contributed by atoms with E-state index in [2.05, 4.69) is 45.0 Å². The molecular formula is C13H30N2. The Labute approximate surface area is 96.4 Å². The molecule has 1 unspecified atom stereocenters. The molecule has 1 N–H and O–H groups in total. The molecule has 0 aromatic rings. The van der Waals surface area contributed by atoms with E-state index < -0.39 is 0 Å². The molecule has 0 fully saturated rings. The Morgan fingerprint density at radius 2 is 1.73 bits per heavy atom. The Kier molecular flexibility index (Phi) is 9.12. The van der Waals surface area contributed by atoms with Crippen molar-refractivity contribution in [1.82, 2.24) is 10.2 Å². The Morgan fingerprint density at radius 3 is 2.27 bits per heavy atom. The van der Waals surface area contributed by atoms with Gasteiger partial charge in [-0.15, -0.1) is 0 Å². The zero-order valence-electron chi connectivity index (χ0n) is 11.3. The molecule has 0 aromatic heterocycles. The highest BCUT2D eigenvalue weighted by Crippen LogP contribution is 2.05. The fourth-order valence-electron chi connectivity index (χ4n) is 1.52. The SMILES string of the molecule is CCCNCCC(C)N(C)CCC(C)C. The Hall–Kier alpha value is -0.0800. The highest BCUT2D eigenvalue weighted by molar-refractivity contribution is 4.65. The van der Waals surface area contributed by atoms with Crippen LogP contribution in [0.1, 0.15) is 47.0 Å². The molecule has 0 aliphatic heterocycles. The molecule has 0 aromatic carbocycles. The van der Waals surface area contributed by atoms with Crippen molar-refractivity contribution in [2.24, 2.45) is 5.92 Å². The van der Waals surface area contributed by atoms with Crippen LogP contribution in [-0.2, 0) is 0 Å². The summed E-state index contributed by atoms with van der Waals surface area (Å²) >= 11 is 0. The van der Waals surface area contributed by atoms with Crippen molar-refractivity contribution in [2.45, 2.75) is 53.0 Å². The second kappa shape index (κ2) is 9.17. The van der Waals surface area contributed by atoms with Gasteiger partial charge >= 0.3 is 0 Å². The van der Waals surface area contributed by atoms with Gasteiger partial charge < -0.3 is 10.2 Å². The van der Waals surface area contributed by atoms with E-state index in [1.165, 1.54) is 25.8 Å².